The molecule has 2 aromatic carbocycles. The molecule has 0 aliphatic heterocycles. The van der Waals surface area contributed by atoms with E-state index in [1.165, 1.54) is 19.1 Å². The second-order valence-electron chi connectivity index (χ2n) is 5.21. The highest BCUT2D eigenvalue weighted by molar-refractivity contribution is 7.92. The number of rotatable bonds is 4. The zero-order valence-electron chi connectivity index (χ0n) is 12.9. The molecule has 24 heavy (non-hydrogen) atoms. The molecule has 122 valence electrons. The van der Waals surface area contributed by atoms with E-state index in [4.69, 9.17) is 0 Å². The monoisotopic (exact) mass is 341 g/mol. The summed E-state index contributed by atoms with van der Waals surface area (Å²) in [4.78, 5) is 15.2. The summed E-state index contributed by atoms with van der Waals surface area (Å²) in [6.07, 6.45) is 3.29. The molecule has 0 saturated heterocycles. The van der Waals surface area contributed by atoms with Gasteiger partial charge in [-0.1, -0.05) is 12.1 Å². The van der Waals surface area contributed by atoms with Crippen molar-refractivity contribution in [3.8, 4) is 0 Å². The maximum absolute atomic E-state index is 12.6. The lowest BCUT2D eigenvalue weighted by Crippen LogP contribution is -2.13. The Morgan fingerprint density at radius 2 is 1.79 bits per heavy atom. The normalized spacial score (nSPS) is 11.2. The zero-order valence-corrected chi connectivity index (χ0v) is 13.7. The summed E-state index contributed by atoms with van der Waals surface area (Å²) in [7, 11) is -3.73. The van der Waals surface area contributed by atoms with Crippen LogP contribution in [0.1, 0.15) is 6.92 Å². The quantitative estimate of drug-likeness (QED) is 0.763. The number of hydrogen-bond acceptors (Lipinski definition) is 4. The molecule has 1 amide bonds. The van der Waals surface area contributed by atoms with Gasteiger partial charge in [0.1, 0.15) is 0 Å². The van der Waals surface area contributed by atoms with Crippen LogP contribution in [0.5, 0.6) is 0 Å². The van der Waals surface area contributed by atoms with Crippen molar-refractivity contribution in [2.75, 3.05) is 10.0 Å². The predicted octanol–water partition coefficient (Wildman–Crippen LogP) is 2.99. The van der Waals surface area contributed by atoms with Crippen LogP contribution in [0.15, 0.2) is 65.8 Å². The van der Waals surface area contributed by atoms with Gasteiger partial charge in [0.25, 0.3) is 10.0 Å². The summed E-state index contributed by atoms with van der Waals surface area (Å²) < 4.78 is 27.7. The molecule has 0 atom stereocenters. The van der Waals surface area contributed by atoms with Crippen molar-refractivity contribution < 1.29 is 13.2 Å². The van der Waals surface area contributed by atoms with Crippen LogP contribution in [0, 0.1) is 0 Å². The van der Waals surface area contributed by atoms with Crippen molar-refractivity contribution in [1.82, 2.24) is 4.98 Å². The number of hydrogen-bond donors (Lipinski definition) is 2. The van der Waals surface area contributed by atoms with Gasteiger partial charge in [0.15, 0.2) is 0 Å². The minimum Gasteiger partial charge on any atom is -0.326 e. The number of sulfonamides is 1. The molecule has 3 rings (SSSR count). The Kier molecular flexibility index (Phi) is 4.18. The molecule has 0 aliphatic rings. The van der Waals surface area contributed by atoms with E-state index in [1.54, 1.807) is 42.7 Å². The average Bonchev–Trinajstić information content (AvgIpc) is 2.55. The van der Waals surface area contributed by atoms with Crippen LogP contribution in [0.25, 0.3) is 10.8 Å². The van der Waals surface area contributed by atoms with Crippen molar-refractivity contribution >= 4 is 38.1 Å². The number of fused-ring (bicyclic) bond motifs is 1. The molecule has 1 heterocycles. The lowest BCUT2D eigenvalue weighted by molar-refractivity contribution is -0.114. The smallest absolute Gasteiger partial charge is 0.261 e. The first-order chi connectivity index (χ1) is 11.5. The first-order valence-corrected chi connectivity index (χ1v) is 8.67. The second kappa shape index (κ2) is 6.29. The van der Waals surface area contributed by atoms with Crippen molar-refractivity contribution in [2.24, 2.45) is 0 Å². The van der Waals surface area contributed by atoms with Crippen LogP contribution in [0.4, 0.5) is 11.4 Å². The number of benzene rings is 2. The molecular weight excluding hydrogens is 326 g/mol. The molecule has 0 bridgehead atoms. The number of pyridine rings is 1. The van der Waals surface area contributed by atoms with Gasteiger partial charge in [-0.15, -0.1) is 0 Å². The highest BCUT2D eigenvalue weighted by atomic mass is 32.2. The van der Waals surface area contributed by atoms with Crippen molar-refractivity contribution in [3.63, 3.8) is 0 Å². The van der Waals surface area contributed by atoms with Gasteiger partial charge in [-0.25, -0.2) is 8.42 Å². The van der Waals surface area contributed by atoms with Gasteiger partial charge in [0.2, 0.25) is 5.91 Å². The van der Waals surface area contributed by atoms with E-state index in [0.29, 0.717) is 11.4 Å². The van der Waals surface area contributed by atoms with Gasteiger partial charge in [-0.05, 0) is 36.4 Å². The first kappa shape index (κ1) is 15.9. The maximum atomic E-state index is 12.6. The molecule has 0 saturated carbocycles. The van der Waals surface area contributed by atoms with Crippen molar-refractivity contribution in [3.05, 3.63) is 60.9 Å². The van der Waals surface area contributed by atoms with E-state index in [-0.39, 0.29) is 10.8 Å². The maximum Gasteiger partial charge on any atom is 0.261 e. The summed E-state index contributed by atoms with van der Waals surface area (Å²) in [6.45, 7) is 1.39. The average molecular weight is 341 g/mol. The Morgan fingerprint density at radius 1 is 1.04 bits per heavy atom. The van der Waals surface area contributed by atoms with Gasteiger partial charge in [0.05, 0.1) is 10.6 Å². The number of aromatic nitrogens is 1. The predicted molar refractivity (Wildman–Crippen MR) is 93.3 cm³/mol. The lowest BCUT2D eigenvalue weighted by Gasteiger charge is -2.11. The van der Waals surface area contributed by atoms with Crippen molar-refractivity contribution in [2.45, 2.75) is 11.8 Å². The van der Waals surface area contributed by atoms with E-state index in [1.807, 2.05) is 6.07 Å². The number of nitrogens with zero attached hydrogens (tertiary/aromatic N) is 1. The molecule has 2 N–H and O–H groups in total. The summed E-state index contributed by atoms with van der Waals surface area (Å²) in [5.41, 5.74) is 1.03. The molecule has 0 fully saturated rings. The molecular formula is C17H15N3O3S. The number of amides is 1. The Hall–Kier alpha value is -2.93. The molecule has 7 heteroatoms. The number of carbonyl (C=O) groups excluding carboxylic acids is 1. The van der Waals surface area contributed by atoms with Gasteiger partial charge in [-0.2, -0.15) is 0 Å². The molecule has 0 radical (unpaired) electrons. The Labute approximate surface area is 139 Å². The molecule has 0 spiro atoms. The number of anilines is 2. The fourth-order valence-electron chi connectivity index (χ4n) is 2.34. The fourth-order valence-corrected chi connectivity index (χ4v) is 3.42. The zero-order chi connectivity index (χ0) is 17.2. The first-order valence-electron chi connectivity index (χ1n) is 7.19. The Balaban J connectivity index is 1.92. The SMILES string of the molecule is CC(=O)Nc1ccc(S(=O)(=O)Nc2cccc3cnccc23)cc1. The summed E-state index contributed by atoms with van der Waals surface area (Å²) in [5.74, 6) is -0.215. The molecule has 6 nitrogen and oxygen atoms in total. The van der Waals surface area contributed by atoms with Crippen LogP contribution in [-0.4, -0.2) is 19.3 Å². The van der Waals surface area contributed by atoms with Crippen LogP contribution < -0.4 is 10.0 Å². The van der Waals surface area contributed by atoms with Gasteiger partial charge in [-0.3, -0.25) is 14.5 Å². The standard InChI is InChI=1S/C17H15N3O3S/c1-12(21)19-14-5-7-15(8-6-14)24(22,23)20-17-4-2-3-13-11-18-10-9-16(13)17/h2-11,20H,1H3,(H,19,21). The Morgan fingerprint density at radius 3 is 2.50 bits per heavy atom. The molecule has 0 unspecified atom stereocenters. The van der Waals surface area contributed by atoms with Gasteiger partial charge < -0.3 is 5.32 Å². The fraction of sp³-hybridized carbons (Fsp3) is 0.0588. The largest absolute Gasteiger partial charge is 0.326 e. The minimum atomic E-state index is -3.73. The summed E-state index contributed by atoms with van der Waals surface area (Å²) in [6, 6.07) is 13.1. The van der Waals surface area contributed by atoms with Crippen LogP contribution in [0.3, 0.4) is 0 Å². The third kappa shape index (κ3) is 3.36. The highest BCUT2D eigenvalue weighted by Crippen LogP contribution is 2.25. The van der Waals surface area contributed by atoms with Gasteiger partial charge in [0, 0.05) is 35.8 Å². The summed E-state index contributed by atoms with van der Waals surface area (Å²) in [5, 5.41) is 4.21. The van der Waals surface area contributed by atoms with E-state index in [0.717, 1.165) is 10.8 Å². The summed E-state index contributed by atoms with van der Waals surface area (Å²) >= 11 is 0. The number of carbonyl (C=O) groups is 1. The van der Waals surface area contributed by atoms with E-state index < -0.39 is 10.0 Å². The van der Waals surface area contributed by atoms with E-state index in [9.17, 15) is 13.2 Å². The van der Waals surface area contributed by atoms with Crippen molar-refractivity contribution in [1.29, 1.82) is 0 Å². The van der Waals surface area contributed by atoms with Crippen LogP contribution >= 0.6 is 0 Å². The van der Waals surface area contributed by atoms with Gasteiger partial charge >= 0.3 is 0 Å². The Bertz CT molecular complexity index is 994. The van der Waals surface area contributed by atoms with E-state index >= 15 is 0 Å². The third-order valence-electron chi connectivity index (χ3n) is 3.41. The highest BCUT2D eigenvalue weighted by Gasteiger charge is 2.15. The molecule has 1 aromatic heterocycles. The van der Waals surface area contributed by atoms with E-state index in [2.05, 4.69) is 15.0 Å². The van der Waals surface area contributed by atoms with Crippen LogP contribution in [0.2, 0.25) is 0 Å². The molecule has 3 aromatic rings. The third-order valence-corrected chi connectivity index (χ3v) is 4.79. The van der Waals surface area contributed by atoms with Crippen LogP contribution in [-0.2, 0) is 14.8 Å². The second-order valence-corrected chi connectivity index (χ2v) is 6.90. The lowest BCUT2D eigenvalue weighted by atomic mass is 10.1. The number of nitrogens with one attached hydrogen (secondary N) is 2. The topological polar surface area (TPSA) is 88.2 Å². The molecule has 0 aliphatic carbocycles. The minimum absolute atomic E-state index is 0.114.